The van der Waals surface area contributed by atoms with Gasteiger partial charge in [-0.3, -0.25) is 9.59 Å². The summed E-state index contributed by atoms with van der Waals surface area (Å²) >= 11 is 0. The van der Waals surface area contributed by atoms with E-state index in [2.05, 4.69) is 5.32 Å². The summed E-state index contributed by atoms with van der Waals surface area (Å²) in [6.45, 7) is 0.558. The first-order valence-corrected chi connectivity index (χ1v) is 8.99. The molecule has 0 aliphatic heterocycles. The molecule has 2 atom stereocenters. The van der Waals surface area contributed by atoms with Crippen LogP contribution in [0.3, 0.4) is 0 Å². The maximum absolute atomic E-state index is 12.4. The van der Waals surface area contributed by atoms with Gasteiger partial charge in [0.2, 0.25) is 0 Å². The van der Waals surface area contributed by atoms with Crippen LogP contribution in [-0.4, -0.2) is 30.9 Å². The first-order chi connectivity index (χ1) is 12.7. The van der Waals surface area contributed by atoms with E-state index in [0.29, 0.717) is 29.3 Å². The van der Waals surface area contributed by atoms with Crippen LogP contribution in [0.15, 0.2) is 54.6 Å². The smallest absolute Gasteiger partial charge is 0.258 e. The number of ether oxygens (including phenoxy) is 1. The Morgan fingerprint density at radius 3 is 2.38 bits per heavy atom. The monoisotopic (exact) mass is 352 g/mol. The lowest BCUT2D eigenvalue weighted by Crippen LogP contribution is -2.42. The third-order valence-electron chi connectivity index (χ3n) is 4.83. The third kappa shape index (κ3) is 4.49. The summed E-state index contributed by atoms with van der Waals surface area (Å²) in [6.07, 6.45) is 3.15. The van der Waals surface area contributed by atoms with Gasteiger partial charge in [0.15, 0.2) is 12.4 Å². The predicted molar refractivity (Wildman–Crippen MR) is 100 cm³/mol. The number of hydrogen-bond donors (Lipinski definition) is 2. The molecule has 5 nitrogen and oxygen atoms in total. The number of benzene rings is 2. The van der Waals surface area contributed by atoms with E-state index in [1.165, 1.54) is 0 Å². The van der Waals surface area contributed by atoms with Gasteiger partial charge in [-0.05, 0) is 49.6 Å². The fraction of sp³-hybridized carbons (Fsp3) is 0.333. The number of carbonyl (C=O) groups excluding carboxylic acids is 2. The maximum atomic E-state index is 12.4. The van der Waals surface area contributed by atoms with Crippen molar-refractivity contribution in [3.8, 4) is 5.75 Å². The maximum Gasteiger partial charge on any atom is 0.258 e. The minimum Gasteiger partial charge on any atom is -0.484 e. The molecule has 5 heteroatoms. The Hall–Kier alpha value is -2.66. The molecule has 2 unspecified atom stereocenters. The van der Waals surface area contributed by atoms with E-state index in [1.807, 2.05) is 18.2 Å². The van der Waals surface area contributed by atoms with E-state index in [-0.39, 0.29) is 24.3 Å². The minimum absolute atomic E-state index is 0.0380. The van der Waals surface area contributed by atoms with Crippen molar-refractivity contribution < 1.29 is 14.3 Å². The van der Waals surface area contributed by atoms with Crippen molar-refractivity contribution in [2.24, 2.45) is 11.7 Å². The van der Waals surface area contributed by atoms with Crippen LogP contribution in [0, 0.1) is 5.92 Å². The molecule has 0 bridgehead atoms. The fourth-order valence-electron chi connectivity index (χ4n) is 3.37. The van der Waals surface area contributed by atoms with Gasteiger partial charge in [0.25, 0.3) is 5.91 Å². The second-order valence-corrected chi connectivity index (χ2v) is 6.61. The number of rotatable bonds is 7. The Morgan fingerprint density at radius 1 is 1.00 bits per heavy atom. The quantitative estimate of drug-likeness (QED) is 0.750. The molecule has 2 aromatic rings. The van der Waals surface area contributed by atoms with Crippen molar-refractivity contribution in [1.82, 2.24) is 5.32 Å². The topological polar surface area (TPSA) is 81.4 Å². The average Bonchev–Trinajstić information content (AvgIpc) is 3.14. The van der Waals surface area contributed by atoms with Gasteiger partial charge in [-0.25, -0.2) is 0 Å². The number of ketones is 1. The van der Waals surface area contributed by atoms with Gasteiger partial charge in [0.1, 0.15) is 5.75 Å². The van der Waals surface area contributed by atoms with E-state index in [1.54, 1.807) is 36.4 Å². The zero-order valence-corrected chi connectivity index (χ0v) is 14.7. The highest BCUT2D eigenvalue weighted by Crippen LogP contribution is 2.24. The molecule has 3 N–H and O–H groups in total. The molecule has 1 aliphatic rings. The van der Waals surface area contributed by atoms with Crippen LogP contribution in [0.1, 0.15) is 35.2 Å². The third-order valence-corrected chi connectivity index (χ3v) is 4.83. The second kappa shape index (κ2) is 8.63. The van der Waals surface area contributed by atoms with Gasteiger partial charge in [-0.2, -0.15) is 0 Å². The largest absolute Gasteiger partial charge is 0.484 e. The summed E-state index contributed by atoms with van der Waals surface area (Å²) in [6, 6.07) is 16.1. The normalized spacial score (nSPS) is 19.1. The standard InChI is InChI=1S/C21H24N2O3/c22-13-17-7-4-8-19(17)23-20(24)14-26-18-11-9-16(10-12-18)21(25)15-5-2-1-3-6-15/h1-3,5-6,9-12,17,19H,4,7-8,13-14,22H2,(H,23,24). The number of amides is 1. The summed E-state index contributed by atoms with van der Waals surface area (Å²) in [5.41, 5.74) is 6.97. The van der Waals surface area contributed by atoms with Crippen molar-refractivity contribution >= 4 is 11.7 Å². The lowest BCUT2D eigenvalue weighted by atomic mass is 10.0. The zero-order valence-electron chi connectivity index (χ0n) is 14.7. The Morgan fingerprint density at radius 2 is 1.69 bits per heavy atom. The Labute approximate surface area is 153 Å². The lowest BCUT2D eigenvalue weighted by molar-refractivity contribution is -0.124. The minimum atomic E-state index is -0.139. The van der Waals surface area contributed by atoms with E-state index in [0.717, 1.165) is 19.3 Å². The molecule has 3 rings (SSSR count). The van der Waals surface area contributed by atoms with Crippen LogP contribution >= 0.6 is 0 Å². The van der Waals surface area contributed by atoms with Crippen LogP contribution in [0.5, 0.6) is 5.75 Å². The molecule has 0 heterocycles. The molecule has 0 radical (unpaired) electrons. The van der Waals surface area contributed by atoms with Gasteiger partial charge in [-0.15, -0.1) is 0 Å². The molecular weight excluding hydrogens is 328 g/mol. The number of carbonyl (C=O) groups is 2. The molecule has 1 aliphatic carbocycles. The van der Waals surface area contributed by atoms with E-state index >= 15 is 0 Å². The lowest BCUT2D eigenvalue weighted by Gasteiger charge is -2.19. The molecular formula is C21H24N2O3. The Balaban J connectivity index is 1.51. The summed E-state index contributed by atoms with van der Waals surface area (Å²) in [4.78, 5) is 24.4. The summed E-state index contributed by atoms with van der Waals surface area (Å²) in [5, 5.41) is 3.00. The fourth-order valence-corrected chi connectivity index (χ4v) is 3.37. The first kappa shape index (κ1) is 18.1. The molecule has 1 saturated carbocycles. The molecule has 1 fully saturated rings. The van der Waals surface area contributed by atoms with E-state index in [4.69, 9.17) is 10.5 Å². The summed E-state index contributed by atoms with van der Waals surface area (Å²) < 4.78 is 5.53. The first-order valence-electron chi connectivity index (χ1n) is 8.99. The molecule has 2 aromatic carbocycles. The second-order valence-electron chi connectivity index (χ2n) is 6.61. The van der Waals surface area contributed by atoms with Crippen LogP contribution in [0.2, 0.25) is 0 Å². The molecule has 0 aromatic heterocycles. The average molecular weight is 352 g/mol. The van der Waals surface area contributed by atoms with Crippen LogP contribution < -0.4 is 15.8 Å². The number of nitrogens with two attached hydrogens (primary N) is 1. The highest BCUT2D eigenvalue weighted by Gasteiger charge is 2.27. The molecule has 0 saturated heterocycles. The highest BCUT2D eigenvalue weighted by atomic mass is 16.5. The zero-order chi connectivity index (χ0) is 18.4. The van der Waals surface area contributed by atoms with Crippen molar-refractivity contribution in [1.29, 1.82) is 0 Å². The van der Waals surface area contributed by atoms with Crippen molar-refractivity contribution in [3.63, 3.8) is 0 Å². The van der Waals surface area contributed by atoms with Gasteiger partial charge in [-0.1, -0.05) is 36.8 Å². The predicted octanol–water partition coefficient (Wildman–Crippen LogP) is 2.54. The molecule has 0 spiro atoms. The van der Waals surface area contributed by atoms with Crippen LogP contribution in [0.25, 0.3) is 0 Å². The van der Waals surface area contributed by atoms with E-state index in [9.17, 15) is 9.59 Å². The van der Waals surface area contributed by atoms with Crippen molar-refractivity contribution in [3.05, 3.63) is 65.7 Å². The van der Waals surface area contributed by atoms with Crippen LogP contribution in [0.4, 0.5) is 0 Å². The van der Waals surface area contributed by atoms with Gasteiger partial charge < -0.3 is 15.8 Å². The summed E-state index contributed by atoms with van der Waals surface area (Å²) in [7, 11) is 0. The SMILES string of the molecule is NCC1CCCC1NC(=O)COc1ccc(C(=O)c2ccccc2)cc1. The molecule has 1 amide bonds. The van der Waals surface area contributed by atoms with Gasteiger partial charge in [0, 0.05) is 17.2 Å². The number of nitrogens with one attached hydrogen (secondary N) is 1. The number of hydrogen-bond acceptors (Lipinski definition) is 4. The Bertz CT molecular complexity index is 744. The summed E-state index contributed by atoms with van der Waals surface area (Å²) in [5.74, 6) is 0.748. The molecule has 136 valence electrons. The highest BCUT2D eigenvalue weighted by molar-refractivity contribution is 6.08. The Kier molecular flexibility index (Phi) is 6.02. The van der Waals surface area contributed by atoms with Crippen molar-refractivity contribution in [2.45, 2.75) is 25.3 Å². The molecule has 26 heavy (non-hydrogen) atoms. The van der Waals surface area contributed by atoms with Gasteiger partial charge in [0.05, 0.1) is 0 Å². The van der Waals surface area contributed by atoms with Crippen LogP contribution in [-0.2, 0) is 4.79 Å². The van der Waals surface area contributed by atoms with Crippen molar-refractivity contribution in [2.75, 3.05) is 13.2 Å². The van der Waals surface area contributed by atoms with E-state index < -0.39 is 0 Å². The van der Waals surface area contributed by atoms with Gasteiger partial charge >= 0.3 is 0 Å².